The smallest absolute Gasteiger partial charge is 0.0420 e. The van der Waals surface area contributed by atoms with Crippen LogP contribution in [-0.2, 0) is 0 Å². The molecule has 0 heterocycles. The predicted octanol–water partition coefficient (Wildman–Crippen LogP) is 1.74. The van der Waals surface area contributed by atoms with E-state index in [0.29, 0.717) is 0 Å². The van der Waals surface area contributed by atoms with Crippen LogP contribution in [0, 0.1) is 0 Å². The zero-order valence-corrected chi connectivity index (χ0v) is 9.12. The lowest BCUT2D eigenvalue weighted by Gasteiger charge is -2.20. The molecular weight excluding hydrogens is 181 g/mol. The SMILES string of the molecule is CCN(CC)c1ccc(PO)cc1. The Hall–Kier alpha value is -0.590. The fourth-order valence-corrected chi connectivity index (χ4v) is 1.65. The molecule has 1 rings (SSSR count). The fraction of sp³-hybridized carbons (Fsp3) is 0.400. The number of benzene rings is 1. The van der Waals surface area contributed by atoms with Crippen LogP contribution in [0.1, 0.15) is 13.8 Å². The zero-order valence-electron chi connectivity index (χ0n) is 8.12. The van der Waals surface area contributed by atoms with Crippen LogP contribution in [0.4, 0.5) is 5.69 Å². The van der Waals surface area contributed by atoms with Crippen LogP contribution in [0.3, 0.4) is 0 Å². The summed E-state index contributed by atoms with van der Waals surface area (Å²) in [6, 6.07) is 8.08. The Balaban J connectivity index is 2.78. The minimum absolute atomic E-state index is 0.0972. The van der Waals surface area contributed by atoms with Crippen molar-refractivity contribution in [3.8, 4) is 0 Å². The van der Waals surface area contributed by atoms with Crippen molar-refractivity contribution in [1.29, 1.82) is 0 Å². The lowest BCUT2D eigenvalue weighted by atomic mass is 10.3. The molecule has 72 valence electrons. The second-order valence-electron chi connectivity index (χ2n) is 2.83. The Bertz CT molecular complexity index is 244. The van der Waals surface area contributed by atoms with E-state index in [2.05, 4.69) is 30.9 Å². The number of hydrogen-bond acceptors (Lipinski definition) is 2. The highest BCUT2D eigenvalue weighted by atomic mass is 31.1. The van der Waals surface area contributed by atoms with Gasteiger partial charge in [-0.2, -0.15) is 0 Å². The first-order valence-corrected chi connectivity index (χ1v) is 5.51. The van der Waals surface area contributed by atoms with Crippen molar-refractivity contribution in [3.05, 3.63) is 24.3 Å². The molecular formula is C10H16NOP. The van der Waals surface area contributed by atoms with Crippen molar-refractivity contribution in [2.24, 2.45) is 0 Å². The Morgan fingerprint density at radius 1 is 1.15 bits per heavy atom. The average molecular weight is 197 g/mol. The highest BCUT2D eigenvalue weighted by Gasteiger charge is 2.00. The second-order valence-corrected chi connectivity index (χ2v) is 3.63. The average Bonchev–Trinajstić information content (AvgIpc) is 2.21. The van der Waals surface area contributed by atoms with Gasteiger partial charge in [-0.05, 0) is 31.3 Å². The first kappa shape index (κ1) is 10.5. The third-order valence-corrected chi connectivity index (χ3v) is 2.72. The summed E-state index contributed by atoms with van der Waals surface area (Å²) in [5, 5.41) is 0.996. The molecule has 0 radical (unpaired) electrons. The van der Waals surface area contributed by atoms with E-state index >= 15 is 0 Å². The van der Waals surface area contributed by atoms with Gasteiger partial charge in [-0.15, -0.1) is 0 Å². The van der Waals surface area contributed by atoms with Gasteiger partial charge in [-0.1, -0.05) is 12.1 Å². The molecule has 1 atom stereocenters. The van der Waals surface area contributed by atoms with Gasteiger partial charge in [-0.25, -0.2) is 0 Å². The predicted molar refractivity (Wildman–Crippen MR) is 60.2 cm³/mol. The maximum absolute atomic E-state index is 8.90. The van der Waals surface area contributed by atoms with E-state index in [4.69, 9.17) is 4.89 Å². The number of hydrogen-bond donors (Lipinski definition) is 1. The molecule has 0 aliphatic rings. The van der Waals surface area contributed by atoms with Crippen molar-refractivity contribution in [2.45, 2.75) is 13.8 Å². The highest BCUT2D eigenvalue weighted by Crippen LogP contribution is 2.13. The third kappa shape index (κ3) is 2.68. The van der Waals surface area contributed by atoms with E-state index < -0.39 is 0 Å². The molecule has 3 heteroatoms. The summed E-state index contributed by atoms with van der Waals surface area (Å²) in [6.07, 6.45) is 0. The molecule has 0 saturated heterocycles. The van der Waals surface area contributed by atoms with Crippen LogP contribution in [0.25, 0.3) is 0 Å². The zero-order chi connectivity index (χ0) is 9.68. The van der Waals surface area contributed by atoms with Gasteiger partial charge in [0.25, 0.3) is 0 Å². The summed E-state index contributed by atoms with van der Waals surface area (Å²) in [5.41, 5.74) is 1.23. The third-order valence-electron chi connectivity index (χ3n) is 2.12. The molecule has 1 N–H and O–H groups in total. The van der Waals surface area contributed by atoms with Crippen molar-refractivity contribution in [2.75, 3.05) is 18.0 Å². The van der Waals surface area contributed by atoms with E-state index in [1.165, 1.54) is 5.69 Å². The van der Waals surface area contributed by atoms with Crippen molar-refractivity contribution in [1.82, 2.24) is 0 Å². The number of rotatable bonds is 4. The van der Waals surface area contributed by atoms with E-state index in [0.717, 1.165) is 18.4 Å². The molecule has 0 bridgehead atoms. The summed E-state index contributed by atoms with van der Waals surface area (Å²) < 4.78 is 0. The molecule has 1 aromatic carbocycles. The van der Waals surface area contributed by atoms with E-state index in [9.17, 15) is 0 Å². The van der Waals surface area contributed by atoms with Crippen molar-refractivity contribution in [3.63, 3.8) is 0 Å². The standard InChI is InChI=1S/C10H16NOP/c1-3-11(4-2)9-5-7-10(13-12)8-6-9/h5-8,12-13H,3-4H2,1-2H3. The summed E-state index contributed by atoms with van der Waals surface area (Å²) in [4.78, 5) is 11.2. The van der Waals surface area contributed by atoms with Crippen LogP contribution in [0.5, 0.6) is 0 Å². The van der Waals surface area contributed by atoms with Gasteiger partial charge in [-0.3, -0.25) is 0 Å². The van der Waals surface area contributed by atoms with Crippen LogP contribution in [-0.4, -0.2) is 18.0 Å². The molecule has 0 aromatic heterocycles. The highest BCUT2D eigenvalue weighted by molar-refractivity contribution is 7.40. The van der Waals surface area contributed by atoms with Crippen LogP contribution in [0.15, 0.2) is 24.3 Å². The molecule has 13 heavy (non-hydrogen) atoms. The lowest BCUT2D eigenvalue weighted by molar-refractivity contribution is 0.655. The van der Waals surface area contributed by atoms with Gasteiger partial charge in [0.1, 0.15) is 0 Å². The summed E-state index contributed by atoms with van der Waals surface area (Å²) in [6.45, 7) is 6.34. The number of anilines is 1. The van der Waals surface area contributed by atoms with Crippen molar-refractivity contribution >= 4 is 19.8 Å². The van der Waals surface area contributed by atoms with Gasteiger partial charge >= 0.3 is 0 Å². The molecule has 0 amide bonds. The quantitative estimate of drug-likeness (QED) is 0.743. The molecule has 1 unspecified atom stereocenters. The topological polar surface area (TPSA) is 23.5 Å². The normalized spacial score (nSPS) is 11.0. The second kappa shape index (κ2) is 5.21. The molecule has 0 spiro atoms. The van der Waals surface area contributed by atoms with Gasteiger partial charge in [0.15, 0.2) is 0 Å². The summed E-state index contributed by atoms with van der Waals surface area (Å²) in [7, 11) is -0.0972. The van der Waals surface area contributed by atoms with Crippen LogP contribution >= 0.6 is 8.81 Å². The monoisotopic (exact) mass is 197 g/mol. The first-order valence-electron chi connectivity index (χ1n) is 4.57. The Morgan fingerprint density at radius 3 is 2.08 bits per heavy atom. The molecule has 0 saturated carbocycles. The van der Waals surface area contributed by atoms with Gasteiger partial charge in [0.05, 0.1) is 0 Å². The van der Waals surface area contributed by atoms with Gasteiger partial charge in [0.2, 0.25) is 0 Å². The van der Waals surface area contributed by atoms with E-state index in [1.54, 1.807) is 0 Å². The fourth-order valence-electron chi connectivity index (χ4n) is 1.34. The van der Waals surface area contributed by atoms with Crippen LogP contribution < -0.4 is 10.2 Å². The lowest BCUT2D eigenvalue weighted by Crippen LogP contribution is -2.21. The maximum Gasteiger partial charge on any atom is 0.0420 e. The number of nitrogens with zero attached hydrogens (tertiary/aromatic N) is 1. The van der Waals surface area contributed by atoms with Gasteiger partial charge in [0, 0.05) is 27.6 Å². The van der Waals surface area contributed by atoms with E-state index in [-0.39, 0.29) is 8.81 Å². The molecule has 1 aromatic rings. The molecule has 0 fully saturated rings. The summed E-state index contributed by atoms with van der Waals surface area (Å²) in [5.74, 6) is 0. The minimum Gasteiger partial charge on any atom is -0.372 e. The Kier molecular flexibility index (Phi) is 4.20. The van der Waals surface area contributed by atoms with E-state index in [1.807, 2.05) is 12.1 Å². The maximum atomic E-state index is 8.90. The van der Waals surface area contributed by atoms with Crippen molar-refractivity contribution < 1.29 is 4.89 Å². The minimum atomic E-state index is -0.0972. The molecule has 2 nitrogen and oxygen atoms in total. The molecule has 0 aliphatic heterocycles. The van der Waals surface area contributed by atoms with Gasteiger partial charge < -0.3 is 9.79 Å². The first-order chi connectivity index (χ1) is 6.31. The largest absolute Gasteiger partial charge is 0.372 e. The van der Waals surface area contributed by atoms with Crippen LogP contribution in [0.2, 0.25) is 0 Å². The Labute approximate surface area is 81.4 Å². The molecule has 0 aliphatic carbocycles. The Morgan fingerprint density at radius 2 is 1.69 bits per heavy atom. The summed E-state index contributed by atoms with van der Waals surface area (Å²) >= 11 is 0.